The van der Waals surface area contributed by atoms with Gasteiger partial charge >= 0.3 is 11.9 Å². The third-order valence-corrected chi connectivity index (χ3v) is 8.72. The Bertz CT molecular complexity index is 2030. The Morgan fingerprint density at radius 3 is 2.45 bits per heavy atom. The molecule has 5 aromatic rings. The summed E-state index contributed by atoms with van der Waals surface area (Å²) in [5, 5.41) is 6.37. The minimum absolute atomic E-state index is 0.0213. The zero-order valence-electron chi connectivity index (χ0n) is 26.1. The Labute approximate surface area is 265 Å². The molecule has 0 fully saturated rings. The van der Waals surface area contributed by atoms with Gasteiger partial charge in [-0.25, -0.2) is 29.3 Å². The molecule has 47 heavy (non-hydrogen) atoms. The number of aryl methyl sites for hydroxylation is 1. The van der Waals surface area contributed by atoms with Gasteiger partial charge in [-0.3, -0.25) is 14.2 Å². The van der Waals surface area contributed by atoms with Crippen molar-refractivity contribution < 1.29 is 27.2 Å². The molecule has 1 amide bonds. The molecule has 19 heteroatoms. The predicted molar refractivity (Wildman–Crippen MR) is 164 cm³/mol. The van der Waals surface area contributed by atoms with Gasteiger partial charge in [0.25, 0.3) is 5.56 Å². The lowest BCUT2D eigenvalue weighted by atomic mass is 10.2. The van der Waals surface area contributed by atoms with Crippen LogP contribution in [0.1, 0.15) is 30.5 Å². The average Bonchev–Trinajstić information content (AvgIpc) is 3.64. The largest absolute Gasteiger partial charge is 0.451 e. The van der Waals surface area contributed by atoms with E-state index in [1.54, 1.807) is 13.0 Å². The van der Waals surface area contributed by atoms with Gasteiger partial charge in [-0.05, 0) is 32.0 Å². The molecular formula is C28H31F3N10O5Si. The molecule has 0 saturated carbocycles. The molecule has 0 aliphatic carbocycles. The second kappa shape index (κ2) is 13.0. The van der Waals surface area contributed by atoms with Gasteiger partial charge in [0.05, 0.1) is 12.0 Å². The molecule has 0 spiro atoms. The first kappa shape index (κ1) is 33.3. The van der Waals surface area contributed by atoms with Crippen molar-refractivity contribution in [1.82, 2.24) is 43.8 Å². The molecule has 5 heterocycles. The zero-order chi connectivity index (χ0) is 34.1. The maximum absolute atomic E-state index is 13.8. The topological polar surface area (TPSA) is 178 Å². The Morgan fingerprint density at radius 1 is 1.09 bits per heavy atom. The van der Waals surface area contributed by atoms with E-state index in [2.05, 4.69) is 55.0 Å². The van der Waals surface area contributed by atoms with Gasteiger partial charge in [0, 0.05) is 32.6 Å². The van der Waals surface area contributed by atoms with Crippen LogP contribution in [-0.4, -0.2) is 64.4 Å². The summed E-state index contributed by atoms with van der Waals surface area (Å²) in [6.07, 6.45) is -1.45. The molecule has 0 bridgehead atoms. The number of carbonyl (C=O) groups excluding carboxylic acids is 1. The second-order valence-corrected chi connectivity index (χ2v) is 17.5. The highest BCUT2D eigenvalue weighted by Gasteiger charge is 2.34. The summed E-state index contributed by atoms with van der Waals surface area (Å²) in [6.45, 7) is 9.58. The van der Waals surface area contributed by atoms with Crippen molar-refractivity contribution in [2.45, 2.75) is 65.0 Å². The summed E-state index contributed by atoms with van der Waals surface area (Å²) in [5.74, 6) is -1.45. The number of amides is 1. The number of anilines is 1. The number of ether oxygens (including phenoxy) is 1. The maximum Gasteiger partial charge on any atom is 0.451 e. The van der Waals surface area contributed by atoms with Crippen molar-refractivity contribution >= 4 is 31.0 Å². The quantitative estimate of drug-likeness (QED) is 0.160. The van der Waals surface area contributed by atoms with E-state index in [1.807, 2.05) is 0 Å². The van der Waals surface area contributed by atoms with Crippen LogP contribution in [0, 0.1) is 6.92 Å². The van der Waals surface area contributed by atoms with Gasteiger partial charge < -0.3 is 19.1 Å². The van der Waals surface area contributed by atoms with Crippen LogP contribution in [-0.2, 0) is 29.0 Å². The summed E-state index contributed by atoms with van der Waals surface area (Å²) in [5.41, 5.74) is -1.05. The van der Waals surface area contributed by atoms with Gasteiger partial charge in [0.15, 0.2) is 17.0 Å². The first-order valence-electron chi connectivity index (χ1n) is 14.4. The van der Waals surface area contributed by atoms with E-state index in [1.165, 1.54) is 34.5 Å². The van der Waals surface area contributed by atoms with Gasteiger partial charge in [-0.15, -0.1) is 0 Å². The summed E-state index contributed by atoms with van der Waals surface area (Å²) in [6, 6.07) is 4.36. The van der Waals surface area contributed by atoms with Gasteiger partial charge in [-0.2, -0.15) is 18.2 Å². The Balaban J connectivity index is 1.45. The number of imidazole rings is 1. The van der Waals surface area contributed by atoms with Crippen molar-refractivity contribution in [3.8, 4) is 11.3 Å². The molecule has 15 nitrogen and oxygen atoms in total. The summed E-state index contributed by atoms with van der Waals surface area (Å²) in [7, 11) is -1.43. The minimum Gasteiger partial charge on any atom is -0.361 e. The molecule has 1 unspecified atom stereocenters. The van der Waals surface area contributed by atoms with Crippen LogP contribution >= 0.6 is 0 Å². The fraction of sp³-hybridized carbons (Fsp3) is 0.393. The molecule has 0 aliphatic heterocycles. The van der Waals surface area contributed by atoms with Crippen LogP contribution in [0.25, 0.3) is 22.4 Å². The third kappa shape index (κ3) is 7.51. The van der Waals surface area contributed by atoms with Crippen molar-refractivity contribution in [3.63, 3.8) is 0 Å². The molecule has 1 atom stereocenters. The van der Waals surface area contributed by atoms with Gasteiger partial charge in [0.1, 0.15) is 25.1 Å². The number of nitrogens with zero attached hydrogens (tertiary/aromatic N) is 9. The number of hydrogen-bond donors (Lipinski definition) is 1. The van der Waals surface area contributed by atoms with Gasteiger partial charge in [0.2, 0.25) is 17.6 Å². The molecule has 5 rings (SSSR count). The predicted octanol–water partition coefficient (Wildman–Crippen LogP) is 3.48. The highest BCUT2D eigenvalue weighted by molar-refractivity contribution is 6.76. The molecule has 1 N–H and O–H groups in total. The normalized spacial score (nSPS) is 12.9. The maximum atomic E-state index is 13.8. The van der Waals surface area contributed by atoms with E-state index in [9.17, 15) is 27.6 Å². The first-order valence-corrected chi connectivity index (χ1v) is 18.1. The second-order valence-electron chi connectivity index (χ2n) is 11.9. The average molecular weight is 673 g/mol. The van der Waals surface area contributed by atoms with E-state index < -0.39 is 43.3 Å². The molecule has 5 aromatic heterocycles. The van der Waals surface area contributed by atoms with Crippen LogP contribution in [0.15, 0.2) is 51.0 Å². The Morgan fingerprint density at radius 2 is 1.81 bits per heavy atom. The number of alkyl halides is 3. The molecule has 0 radical (unpaired) electrons. The first-order chi connectivity index (χ1) is 22.1. The van der Waals surface area contributed by atoms with E-state index in [0.29, 0.717) is 12.4 Å². The third-order valence-electron chi connectivity index (χ3n) is 7.02. The number of fused-ring (bicyclic) bond motifs is 1. The summed E-state index contributed by atoms with van der Waals surface area (Å²) < 4.78 is 53.0. The lowest BCUT2D eigenvalue weighted by Gasteiger charge is -2.17. The number of rotatable bonds is 11. The van der Waals surface area contributed by atoms with Crippen LogP contribution < -0.4 is 16.6 Å². The monoisotopic (exact) mass is 672 g/mol. The molecule has 0 aromatic carbocycles. The SMILES string of the molecule is Cc1noc(Cn2c(=O)c3c(ncn3C(C)C(=O)Nc3cccc(-c4cnc(C(F)(F)F)nc4)n3)n(COCC[Si](C)(C)C)c2=O)n1. The smallest absolute Gasteiger partial charge is 0.361 e. The van der Waals surface area contributed by atoms with E-state index in [4.69, 9.17) is 9.26 Å². The summed E-state index contributed by atoms with van der Waals surface area (Å²) in [4.78, 5) is 60.1. The fourth-order valence-electron chi connectivity index (χ4n) is 4.46. The van der Waals surface area contributed by atoms with Gasteiger partial charge in [-0.1, -0.05) is 30.9 Å². The lowest BCUT2D eigenvalue weighted by molar-refractivity contribution is -0.145. The number of nitrogens with one attached hydrogen (secondary N) is 1. The Hall–Kier alpha value is -5.04. The van der Waals surface area contributed by atoms with E-state index in [-0.39, 0.29) is 47.4 Å². The summed E-state index contributed by atoms with van der Waals surface area (Å²) >= 11 is 0. The van der Waals surface area contributed by atoms with Crippen LogP contribution in [0.5, 0.6) is 0 Å². The van der Waals surface area contributed by atoms with Crippen molar-refractivity contribution in [2.75, 3.05) is 11.9 Å². The van der Waals surface area contributed by atoms with Crippen LogP contribution in [0.4, 0.5) is 19.0 Å². The fourth-order valence-corrected chi connectivity index (χ4v) is 5.21. The number of hydrogen-bond acceptors (Lipinski definition) is 11. The van der Waals surface area contributed by atoms with E-state index in [0.717, 1.165) is 23.0 Å². The number of pyridine rings is 1. The molecule has 0 saturated heterocycles. The standard InChI is InChI=1S/C28H31F3N10O5Si/c1-16(24(42)37-20-8-6-7-19(36-20)18-11-32-26(33-12-18)28(29,30)31)40-14-34-23-22(40)25(43)39(13-21-35-17(2)38-46-21)27(44)41(23)15-45-9-10-47(3,4)5/h6-8,11-12,14,16H,9-10,13,15H2,1-5H3,(H,36,37,42). The van der Waals surface area contributed by atoms with Crippen LogP contribution in [0.3, 0.4) is 0 Å². The van der Waals surface area contributed by atoms with Crippen molar-refractivity contribution in [1.29, 1.82) is 0 Å². The highest BCUT2D eigenvalue weighted by Crippen LogP contribution is 2.27. The highest BCUT2D eigenvalue weighted by atomic mass is 28.3. The van der Waals surface area contributed by atoms with E-state index >= 15 is 0 Å². The van der Waals surface area contributed by atoms with Crippen LogP contribution in [0.2, 0.25) is 25.7 Å². The Kier molecular flexibility index (Phi) is 9.21. The molecule has 248 valence electrons. The zero-order valence-corrected chi connectivity index (χ0v) is 27.1. The number of carbonyl (C=O) groups is 1. The van der Waals surface area contributed by atoms with Crippen molar-refractivity contribution in [2.24, 2.45) is 0 Å². The molecule has 0 aliphatic rings. The number of halogens is 3. The van der Waals surface area contributed by atoms with Crippen molar-refractivity contribution in [3.05, 3.63) is 75.3 Å². The minimum atomic E-state index is -4.69. The number of aromatic nitrogens is 9. The lowest BCUT2D eigenvalue weighted by Crippen LogP contribution is -2.42. The molecular weight excluding hydrogens is 641 g/mol.